The number of fused-ring (bicyclic) bond motifs is 1. The van der Waals surface area contributed by atoms with Crippen LogP contribution in [0.5, 0.6) is 0 Å². The number of nitrogens with zero attached hydrogens (tertiary/aromatic N) is 2. The molecule has 0 bridgehead atoms. The third-order valence-corrected chi connectivity index (χ3v) is 6.93. The highest BCUT2D eigenvalue weighted by Crippen LogP contribution is 2.34. The second-order valence-corrected chi connectivity index (χ2v) is 8.80. The van der Waals surface area contributed by atoms with Crippen molar-refractivity contribution in [1.29, 1.82) is 0 Å². The molecule has 0 spiro atoms. The molecule has 2 fully saturated rings. The van der Waals surface area contributed by atoms with Crippen molar-refractivity contribution in [3.05, 3.63) is 54.0 Å². The maximum absolute atomic E-state index is 12.7. The first-order valence-electron chi connectivity index (χ1n) is 8.35. The molecule has 0 aliphatic carbocycles. The number of rotatable bonds is 4. The third-order valence-electron chi connectivity index (χ3n) is 5.08. The van der Waals surface area contributed by atoms with Gasteiger partial charge in [-0.3, -0.25) is 4.90 Å². The number of aryl methyl sites for hydroxylation is 1. The lowest BCUT2D eigenvalue weighted by Crippen LogP contribution is -2.33. The monoisotopic (exact) mass is 346 g/mol. The van der Waals surface area contributed by atoms with E-state index < -0.39 is 10.0 Å². The maximum atomic E-state index is 12.7. The molecule has 2 aliphatic heterocycles. The molecule has 0 N–H and O–H groups in total. The van der Waals surface area contributed by atoms with Crippen molar-refractivity contribution in [2.24, 2.45) is 11.8 Å². The van der Waals surface area contributed by atoms with Crippen LogP contribution in [0.1, 0.15) is 11.5 Å². The Kier molecular flexibility index (Phi) is 3.98. The standard InChI is InChI=1S/C18H22N2O3S/c1-14-7-8-17(23-14)13-19-9-15-11-20(12-16(15)10-19)24(21,22)18-5-3-2-4-6-18/h2-8,15-16H,9-13H2,1H3/t15-,16-/m0/s1. The van der Waals surface area contributed by atoms with Gasteiger partial charge in [0.1, 0.15) is 11.5 Å². The van der Waals surface area contributed by atoms with Gasteiger partial charge in [-0.1, -0.05) is 18.2 Å². The Morgan fingerprint density at radius 2 is 1.67 bits per heavy atom. The molecule has 1 aromatic heterocycles. The van der Waals surface area contributed by atoms with E-state index in [0.717, 1.165) is 31.2 Å². The van der Waals surface area contributed by atoms with Crippen LogP contribution in [-0.2, 0) is 16.6 Å². The molecule has 1 aromatic carbocycles. The average Bonchev–Trinajstić information content (AvgIpc) is 3.23. The summed E-state index contributed by atoms with van der Waals surface area (Å²) in [6.45, 7) is 5.88. The maximum Gasteiger partial charge on any atom is 0.243 e. The summed E-state index contributed by atoms with van der Waals surface area (Å²) >= 11 is 0. The third kappa shape index (κ3) is 2.90. The van der Waals surface area contributed by atoms with E-state index in [1.165, 1.54) is 0 Å². The topological polar surface area (TPSA) is 53.8 Å². The van der Waals surface area contributed by atoms with Crippen LogP contribution in [-0.4, -0.2) is 43.8 Å². The highest BCUT2D eigenvalue weighted by molar-refractivity contribution is 7.89. The molecule has 6 heteroatoms. The number of sulfonamides is 1. The number of benzene rings is 1. The summed E-state index contributed by atoms with van der Waals surface area (Å²) in [5.41, 5.74) is 0. The Bertz CT molecular complexity index is 802. The molecule has 0 unspecified atom stereocenters. The van der Waals surface area contributed by atoms with E-state index in [-0.39, 0.29) is 0 Å². The van der Waals surface area contributed by atoms with Crippen LogP contribution in [0.25, 0.3) is 0 Å². The summed E-state index contributed by atoms with van der Waals surface area (Å²) in [7, 11) is -3.36. The molecule has 2 aliphatic rings. The van der Waals surface area contributed by atoms with Crippen molar-refractivity contribution in [2.75, 3.05) is 26.2 Å². The Hall–Kier alpha value is -1.63. The number of furan rings is 1. The summed E-state index contributed by atoms with van der Waals surface area (Å²) in [6, 6.07) is 12.7. The van der Waals surface area contributed by atoms with E-state index >= 15 is 0 Å². The van der Waals surface area contributed by atoms with Crippen molar-refractivity contribution in [3.8, 4) is 0 Å². The molecular weight excluding hydrogens is 324 g/mol. The lowest BCUT2D eigenvalue weighted by molar-refractivity contribution is 0.264. The van der Waals surface area contributed by atoms with E-state index in [1.54, 1.807) is 28.6 Å². The fourth-order valence-corrected chi connectivity index (χ4v) is 5.48. The summed E-state index contributed by atoms with van der Waals surface area (Å²) in [5, 5.41) is 0. The Morgan fingerprint density at radius 1 is 1.00 bits per heavy atom. The van der Waals surface area contributed by atoms with Crippen molar-refractivity contribution < 1.29 is 12.8 Å². The summed E-state index contributed by atoms with van der Waals surface area (Å²) in [4.78, 5) is 2.77. The second-order valence-electron chi connectivity index (χ2n) is 6.86. The Labute approximate surface area is 142 Å². The van der Waals surface area contributed by atoms with Gasteiger partial charge in [-0.15, -0.1) is 0 Å². The average molecular weight is 346 g/mol. The first kappa shape index (κ1) is 15.9. The summed E-state index contributed by atoms with van der Waals surface area (Å²) in [6.07, 6.45) is 0. The summed E-state index contributed by atoms with van der Waals surface area (Å²) in [5.74, 6) is 2.75. The molecule has 2 aromatic rings. The first-order valence-corrected chi connectivity index (χ1v) is 9.79. The second kappa shape index (κ2) is 6.02. The van der Waals surface area contributed by atoms with E-state index in [9.17, 15) is 8.42 Å². The predicted molar refractivity (Wildman–Crippen MR) is 90.9 cm³/mol. The van der Waals surface area contributed by atoms with Crippen molar-refractivity contribution in [1.82, 2.24) is 9.21 Å². The van der Waals surface area contributed by atoms with Gasteiger partial charge >= 0.3 is 0 Å². The summed E-state index contributed by atoms with van der Waals surface area (Å²) < 4.78 is 32.8. The molecule has 5 nitrogen and oxygen atoms in total. The van der Waals surface area contributed by atoms with E-state index in [2.05, 4.69) is 4.90 Å². The van der Waals surface area contributed by atoms with Gasteiger partial charge in [-0.25, -0.2) is 8.42 Å². The predicted octanol–water partition coefficient (Wildman–Crippen LogP) is 2.34. The molecular formula is C18H22N2O3S. The molecule has 0 amide bonds. The lowest BCUT2D eigenvalue weighted by Gasteiger charge is -2.20. The number of hydrogen-bond donors (Lipinski definition) is 0. The number of hydrogen-bond acceptors (Lipinski definition) is 4. The largest absolute Gasteiger partial charge is 0.465 e. The molecule has 2 saturated heterocycles. The molecule has 3 heterocycles. The van der Waals surface area contributed by atoms with Crippen molar-refractivity contribution in [3.63, 3.8) is 0 Å². The Balaban J connectivity index is 1.41. The highest BCUT2D eigenvalue weighted by Gasteiger charge is 2.44. The van der Waals surface area contributed by atoms with Gasteiger partial charge in [-0.05, 0) is 43.0 Å². The Morgan fingerprint density at radius 3 is 2.25 bits per heavy atom. The van der Waals surface area contributed by atoms with Gasteiger partial charge < -0.3 is 4.42 Å². The van der Waals surface area contributed by atoms with Crippen molar-refractivity contribution >= 4 is 10.0 Å². The zero-order valence-electron chi connectivity index (χ0n) is 13.8. The van der Waals surface area contributed by atoms with Crippen molar-refractivity contribution in [2.45, 2.75) is 18.4 Å². The lowest BCUT2D eigenvalue weighted by atomic mass is 10.0. The minimum atomic E-state index is -3.36. The first-order chi connectivity index (χ1) is 11.5. The molecule has 24 heavy (non-hydrogen) atoms. The van der Waals surface area contributed by atoms with Gasteiger partial charge in [0.05, 0.1) is 11.4 Å². The quantitative estimate of drug-likeness (QED) is 0.853. The van der Waals surface area contributed by atoms with Gasteiger partial charge in [0, 0.05) is 26.2 Å². The minimum Gasteiger partial charge on any atom is -0.465 e. The van der Waals surface area contributed by atoms with E-state index in [4.69, 9.17) is 4.42 Å². The molecule has 4 rings (SSSR count). The van der Waals surface area contributed by atoms with Crippen LogP contribution in [0, 0.1) is 18.8 Å². The van der Waals surface area contributed by atoms with Gasteiger partial charge in [0.15, 0.2) is 0 Å². The van der Waals surface area contributed by atoms with E-state index in [0.29, 0.717) is 29.8 Å². The van der Waals surface area contributed by atoms with Crippen LogP contribution in [0.15, 0.2) is 51.8 Å². The van der Waals surface area contributed by atoms with E-state index in [1.807, 2.05) is 25.1 Å². The zero-order valence-corrected chi connectivity index (χ0v) is 14.6. The van der Waals surface area contributed by atoms with Crippen LogP contribution in [0.3, 0.4) is 0 Å². The number of likely N-dealkylation sites (tertiary alicyclic amines) is 1. The molecule has 0 radical (unpaired) electrons. The SMILES string of the molecule is Cc1ccc(CN2C[C@H]3CN(S(=O)(=O)c4ccccc4)C[C@@H]3C2)o1. The van der Waals surface area contributed by atoms with Gasteiger partial charge in [0.25, 0.3) is 0 Å². The fraction of sp³-hybridized carbons (Fsp3) is 0.444. The molecule has 128 valence electrons. The van der Waals surface area contributed by atoms with Crippen LogP contribution < -0.4 is 0 Å². The van der Waals surface area contributed by atoms with Gasteiger partial charge in [-0.2, -0.15) is 4.31 Å². The zero-order chi connectivity index (χ0) is 16.7. The molecule has 2 atom stereocenters. The van der Waals surface area contributed by atoms with Gasteiger partial charge in [0.2, 0.25) is 10.0 Å². The normalized spacial score (nSPS) is 25.2. The minimum absolute atomic E-state index is 0.396. The smallest absolute Gasteiger partial charge is 0.243 e. The van der Waals surface area contributed by atoms with Crippen LogP contribution >= 0.6 is 0 Å². The van der Waals surface area contributed by atoms with Crippen LogP contribution in [0.4, 0.5) is 0 Å². The highest BCUT2D eigenvalue weighted by atomic mass is 32.2. The van der Waals surface area contributed by atoms with Crippen LogP contribution in [0.2, 0.25) is 0 Å². The molecule has 0 saturated carbocycles. The fourth-order valence-electron chi connectivity index (χ4n) is 3.90.